The van der Waals surface area contributed by atoms with Crippen LogP contribution in [0.15, 0.2) is 42.5 Å². The second-order valence-electron chi connectivity index (χ2n) is 4.58. The number of hydrogen-bond donors (Lipinski definition) is 1. The van der Waals surface area contributed by atoms with Gasteiger partial charge in [-0.25, -0.2) is 4.98 Å². The zero-order valence-electron chi connectivity index (χ0n) is 10.5. The maximum atomic E-state index is 5.73. The van der Waals surface area contributed by atoms with Crippen LogP contribution in [0.1, 0.15) is 11.4 Å². The minimum Gasteiger partial charge on any atom is -0.399 e. The van der Waals surface area contributed by atoms with Crippen LogP contribution in [-0.2, 0) is 0 Å². The quantitative estimate of drug-likeness (QED) is 0.660. The largest absolute Gasteiger partial charge is 0.399 e. The zero-order chi connectivity index (χ0) is 12.7. The first kappa shape index (κ1) is 10.8. The van der Waals surface area contributed by atoms with Crippen molar-refractivity contribution in [2.45, 2.75) is 13.8 Å². The number of hydrogen-bond acceptors (Lipinski definition) is 2. The lowest BCUT2D eigenvalue weighted by molar-refractivity contribution is 1.00. The molecule has 90 valence electrons. The standard InChI is InChI=1S/C15H15N3/c1-10-3-8-15-14(9-10)17-11(2)18(15)13-6-4-12(16)5-7-13/h3-9H,16H2,1-2H3. The lowest BCUT2D eigenvalue weighted by Crippen LogP contribution is -1.97. The van der Waals surface area contributed by atoms with E-state index in [2.05, 4.69) is 34.7 Å². The molecule has 0 aliphatic carbocycles. The van der Waals surface area contributed by atoms with Gasteiger partial charge in [-0.05, 0) is 55.8 Å². The van der Waals surface area contributed by atoms with Crippen LogP contribution in [0.3, 0.4) is 0 Å². The zero-order valence-corrected chi connectivity index (χ0v) is 10.5. The molecule has 0 aliphatic heterocycles. The molecule has 18 heavy (non-hydrogen) atoms. The van der Waals surface area contributed by atoms with Crippen molar-refractivity contribution in [3.63, 3.8) is 0 Å². The fraction of sp³-hybridized carbons (Fsp3) is 0.133. The molecule has 0 aliphatic rings. The van der Waals surface area contributed by atoms with Crippen molar-refractivity contribution < 1.29 is 0 Å². The molecule has 3 rings (SSSR count). The van der Waals surface area contributed by atoms with Crippen LogP contribution in [0.2, 0.25) is 0 Å². The molecule has 3 aromatic rings. The van der Waals surface area contributed by atoms with E-state index >= 15 is 0 Å². The molecule has 3 nitrogen and oxygen atoms in total. The minimum absolute atomic E-state index is 0.775. The molecule has 3 heteroatoms. The molecule has 0 atom stereocenters. The molecule has 2 aromatic carbocycles. The number of benzene rings is 2. The van der Waals surface area contributed by atoms with Crippen LogP contribution in [0.25, 0.3) is 16.7 Å². The first-order valence-corrected chi connectivity index (χ1v) is 5.97. The summed E-state index contributed by atoms with van der Waals surface area (Å²) in [7, 11) is 0. The van der Waals surface area contributed by atoms with E-state index in [1.165, 1.54) is 5.56 Å². The first-order chi connectivity index (χ1) is 8.65. The SMILES string of the molecule is Cc1ccc2c(c1)nc(C)n2-c1ccc(N)cc1. The van der Waals surface area contributed by atoms with Crippen molar-refractivity contribution in [2.24, 2.45) is 0 Å². The smallest absolute Gasteiger partial charge is 0.111 e. The van der Waals surface area contributed by atoms with Gasteiger partial charge in [-0.3, -0.25) is 4.57 Å². The first-order valence-electron chi connectivity index (χ1n) is 5.97. The van der Waals surface area contributed by atoms with Crippen molar-refractivity contribution in [1.82, 2.24) is 9.55 Å². The molecule has 0 spiro atoms. The molecule has 0 saturated carbocycles. The van der Waals surface area contributed by atoms with Crippen molar-refractivity contribution in [2.75, 3.05) is 5.73 Å². The van der Waals surface area contributed by atoms with Crippen LogP contribution >= 0.6 is 0 Å². The highest BCUT2D eigenvalue weighted by molar-refractivity contribution is 5.79. The van der Waals surface area contributed by atoms with Gasteiger partial charge in [0.1, 0.15) is 5.82 Å². The van der Waals surface area contributed by atoms with Crippen LogP contribution in [0, 0.1) is 13.8 Å². The van der Waals surface area contributed by atoms with Crippen molar-refractivity contribution in [3.05, 3.63) is 53.9 Å². The monoisotopic (exact) mass is 237 g/mol. The number of rotatable bonds is 1. The summed E-state index contributed by atoms with van der Waals surface area (Å²) in [4.78, 5) is 4.60. The summed E-state index contributed by atoms with van der Waals surface area (Å²) in [6.45, 7) is 4.10. The average Bonchev–Trinajstić information content (AvgIpc) is 2.65. The molecule has 0 fully saturated rings. The van der Waals surface area contributed by atoms with Crippen molar-refractivity contribution in [1.29, 1.82) is 0 Å². The third-order valence-corrected chi connectivity index (χ3v) is 3.13. The van der Waals surface area contributed by atoms with Gasteiger partial charge in [-0.15, -0.1) is 0 Å². The van der Waals surface area contributed by atoms with Gasteiger partial charge in [0.05, 0.1) is 11.0 Å². The van der Waals surface area contributed by atoms with Crippen LogP contribution in [-0.4, -0.2) is 9.55 Å². The van der Waals surface area contributed by atoms with E-state index < -0.39 is 0 Å². The molecule has 0 unspecified atom stereocenters. The fourth-order valence-corrected chi connectivity index (χ4v) is 2.26. The third-order valence-electron chi connectivity index (χ3n) is 3.13. The number of aromatic nitrogens is 2. The second-order valence-corrected chi connectivity index (χ2v) is 4.58. The Morgan fingerprint density at radius 2 is 1.72 bits per heavy atom. The molecule has 1 heterocycles. The van der Waals surface area contributed by atoms with Gasteiger partial charge in [0.15, 0.2) is 0 Å². The van der Waals surface area contributed by atoms with E-state index in [1.54, 1.807) is 0 Å². The Morgan fingerprint density at radius 3 is 2.44 bits per heavy atom. The summed E-state index contributed by atoms with van der Waals surface area (Å²) in [5, 5.41) is 0. The third kappa shape index (κ3) is 1.64. The van der Waals surface area contributed by atoms with E-state index in [-0.39, 0.29) is 0 Å². The highest BCUT2D eigenvalue weighted by atomic mass is 15.1. The van der Waals surface area contributed by atoms with E-state index in [0.717, 1.165) is 28.2 Å². The maximum Gasteiger partial charge on any atom is 0.111 e. The number of nitrogen functional groups attached to an aromatic ring is 1. The normalized spacial score (nSPS) is 11.0. The molecule has 2 N–H and O–H groups in total. The molecular weight excluding hydrogens is 222 g/mol. The number of aryl methyl sites for hydroxylation is 2. The van der Waals surface area contributed by atoms with Gasteiger partial charge in [0.25, 0.3) is 0 Å². The Labute approximate surface area is 106 Å². The van der Waals surface area contributed by atoms with Gasteiger partial charge < -0.3 is 5.73 Å². The van der Waals surface area contributed by atoms with Crippen molar-refractivity contribution in [3.8, 4) is 5.69 Å². The number of fused-ring (bicyclic) bond motifs is 1. The predicted molar refractivity (Wildman–Crippen MR) is 75.0 cm³/mol. The minimum atomic E-state index is 0.775. The van der Waals surface area contributed by atoms with Crippen LogP contribution in [0.4, 0.5) is 5.69 Å². The Balaban J connectivity index is 2.28. The Kier molecular flexibility index (Phi) is 2.33. The number of imidazole rings is 1. The van der Waals surface area contributed by atoms with Gasteiger partial charge in [0, 0.05) is 11.4 Å². The molecule has 0 saturated heterocycles. The predicted octanol–water partition coefficient (Wildman–Crippen LogP) is 3.22. The van der Waals surface area contributed by atoms with E-state index in [4.69, 9.17) is 5.73 Å². The topological polar surface area (TPSA) is 43.8 Å². The summed E-state index contributed by atoms with van der Waals surface area (Å²) in [6.07, 6.45) is 0. The van der Waals surface area contributed by atoms with Gasteiger partial charge in [-0.2, -0.15) is 0 Å². The van der Waals surface area contributed by atoms with Gasteiger partial charge >= 0.3 is 0 Å². The average molecular weight is 237 g/mol. The van der Waals surface area contributed by atoms with Crippen molar-refractivity contribution >= 4 is 16.7 Å². The van der Waals surface area contributed by atoms with E-state index in [9.17, 15) is 0 Å². The summed E-state index contributed by atoms with van der Waals surface area (Å²) >= 11 is 0. The molecule has 0 bridgehead atoms. The second kappa shape index (κ2) is 3.88. The molecule has 0 radical (unpaired) electrons. The fourth-order valence-electron chi connectivity index (χ4n) is 2.26. The van der Waals surface area contributed by atoms with Crippen LogP contribution in [0.5, 0.6) is 0 Å². The lowest BCUT2D eigenvalue weighted by atomic mass is 10.2. The number of nitrogens with two attached hydrogens (primary N) is 1. The molecule has 0 amide bonds. The molecular formula is C15H15N3. The summed E-state index contributed by atoms with van der Waals surface area (Å²) in [5.41, 5.74) is 11.0. The number of anilines is 1. The maximum absolute atomic E-state index is 5.73. The highest BCUT2D eigenvalue weighted by Gasteiger charge is 2.08. The Morgan fingerprint density at radius 1 is 1.00 bits per heavy atom. The van der Waals surface area contributed by atoms with Crippen LogP contribution < -0.4 is 5.73 Å². The van der Waals surface area contributed by atoms with Gasteiger partial charge in [0.2, 0.25) is 0 Å². The Bertz CT molecular complexity index is 708. The number of nitrogens with zero attached hydrogens (tertiary/aromatic N) is 2. The summed E-state index contributed by atoms with van der Waals surface area (Å²) in [5.74, 6) is 0.986. The summed E-state index contributed by atoms with van der Waals surface area (Å²) in [6, 6.07) is 14.2. The summed E-state index contributed by atoms with van der Waals surface area (Å²) < 4.78 is 2.15. The van der Waals surface area contributed by atoms with Gasteiger partial charge in [-0.1, -0.05) is 6.07 Å². The van der Waals surface area contributed by atoms with E-state index in [1.807, 2.05) is 31.2 Å². The Hall–Kier alpha value is -2.29. The molecule has 1 aromatic heterocycles. The lowest BCUT2D eigenvalue weighted by Gasteiger charge is -2.07. The highest BCUT2D eigenvalue weighted by Crippen LogP contribution is 2.22. The van der Waals surface area contributed by atoms with E-state index in [0.29, 0.717) is 0 Å².